The number of aromatic nitrogens is 2. The molecular formula is C14H12FN3. The van der Waals surface area contributed by atoms with Gasteiger partial charge in [0.05, 0.1) is 11.7 Å². The van der Waals surface area contributed by atoms with Crippen molar-refractivity contribution in [2.45, 2.75) is 0 Å². The van der Waals surface area contributed by atoms with E-state index in [1.165, 1.54) is 12.1 Å². The van der Waals surface area contributed by atoms with Crippen LogP contribution >= 0.6 is 0 Å². The van der Waals surface area contributed by atoms with Crippen LogP contribution < -0.4 is 5.73 Å². The zero-order valence-electron chi connectivity index (χ0n) is 9.89. The van der Waals surface area contributed by atoms with Crippen molar-refractivity contribution in [3.05, 3.63) is 48.4 Å². The molecule has 0 saturated heterocycles. The Morgan fingerprint density at radius 2 is 1.89 bits per heavy atom. The van der Waals surface area contributed by atoms with Crippen LogP contribution in [-0.4, -0.2) is 9.78 Å². The second-order valence-corrected chi connectivity index (χ2v) is 4.27. The fourth-order valence-corrected chi connectivity index (χ4v) is 2.10. The maximum Gasteiger partial charge on any atom is 0.123 e. The third-order valence-electron chi connectivity index (χ3n) is 3.07. The van der Waals surface area contributed by atoms with Crippen molar-refractivity contribution in [1.82, 2.24) is 9.78 Å². The molecule has 2 N–H and O–H groups in total. The van der Waals surface area contributed by atoms with Gasteiger partial charge in [-0.15, -0.1) is 0 Å². The monoisotopic (exact) mass is 241 g/mol. The highest BCUT2D eigenvalue weighted by Crippen LogP contribution is 2.30. The minimum atomic E-state index is -0.251. The Bertz CT molecular complexity index is 714. The van der Waals surface area contributed by atoms with Crippen molar-refractivity contribution < 1.29 is 4.39 Å². The van der Waals surface area contributed by atoms with Gasteiger partial charge in [0.15, 0.2) is 0 Å². The molecule has 4 heteroatoms. The second kappa shape index (κ2) is 3.84. The highest BCUT2D eigenvalue weighted by molar-refractivity contribution is 5.91. The SMILES string of the molecule is Cn1ncc2cc(N)c(-c3ccc(F)cc3)cc21. The lowest BCUT2D eigenvalue weighted by atomic mass is 10.0. The van der Waals surface area contributed by atoms with E-state index < -0.39 is 0 Å². The highest BCUT2D eigenvalue weighted by atomic mass is 19.1. The number of benzene rings is 2. The Morgan fingerprint density at radius 3 is 2.61 bits per heavy atom. The van der Waals surface area contributed by atoms with Gasteiger partial charge < -0.3 is 5.73 Å². The lowest BCUT2D eigenvalue weighted by molar-refractivity contribution is 0.628. The summed E-state index contributed by atoms with van der Waals surface area (Å²) in [7, 11) is 1.88. The number of nitrogen functional groups attached to an aromatic ring is 1. The third kappa shape index (κ3) is 1.62. The first-order valence-corrected chi connectivity index (χ1v) is 5.62. The number of hydrogen-bond acceptors (Lipinski definition) is 2. The lowest BCUT2D eigenvalue weighted by Crippen LogP contribution is -1.93. The molecule has 0 saturated carbocycles. The third-order valence-corrected chi connectivity index (χ3v) is 3.07. The van der Waals surface area contributed by atoms with Gasteiger partial charge in [-0.2, -0.15) is 5.10 Å². The number of fused-ring (bicyclic) bond motifs is 1. The van der Waals surface area contributed by atoms with Crippen LogP contribution in [0.25, 0.3) is 22.0 Å². The zero-order valence-corrected chi connectivity index (χ0v) is 9.89. The van der Waals surface area contributed by atoms with E-state index in [1.807, 2.05) is 19.2 Å². The van der Waals surface area contributed by atoms with Gasteiger partial charge in [-0.3, -0.25) is 4.68 Å². The highest BCUT2D eigenvalue weighted by Gasteiger charge is 2.07. The molecule has 1 heterocycles. The molecule has 0 amide bonds. The van der Waals surface area contributed by atoms with Crippen molar-refractivity contribution in [2.24, 2.45) is 7.05 Å². The molecule has 0 bridgehead atoms. The number of anilines is 1. The van der Waals surface area contributed by atoms with Gasteiger partial charge in [-0.05, 0) is 29.8 Å². The zero-order chi connectivity index (χ0) is 12.7. The molecule has 3 aromatic rings. The maximum atomic E-state index is 12.9. The van der Waals surface area contributed by atoms with E-state index in [0.717, 1.165) is 22.0 Å². The van der Waals surface area contributed by atoms with Crippen LogP contribution in [-0.2, 0) is 7.05 Å². The van der Waals surface area contributed by atoms with Gasteiger partial charge >= 0.3 is 0 Å². The van der Waals surface area contributed by atoms with E-state index in [1.54, 1.807) is 23.0 Å². The van der Waals surface area contributed by atoms with Crippen LogP contribution in [0.5, 0.6) is 0 Å². The summed E-state index contributed by atoms with van der Waals surface area (Å²) in [6, 6.07) is 10.2. The summed E-state index contributed by atoms with van der Waals surface area (Å²) in [5, 5.41) is 5.19. The molecule has 0 fully saturated rings. The predicted molar refractivity (Wildman–Crippen MR) is 70.5 cm³/mol. The molecule has 0 spiro atoms. The summed E-state index contributed by atoms with van der Waals surface area (Å²) in [6.45, 7) is 0. The van der Waals surface area contributed by atoms with E-state index in [9.17, 15) is 4.39 Å². The fourth-order valence-electron chi connectivity index (χ4n) is 2.10. The number of nitrogens with zero attached hydrogens (tertiary/aromatic N) is 2. The molecule has 0 aliphatic rings. The van der Waals surface area contributed by atoms with Gasteiger partial charge in [0.25, 0.3) is 0 Å². The molecule has 0 radical (unpaired) electrons. The predicted octanol–water partition coefficient (Wildman–Crippen LogP) is 2.96. The minimum absolute atomic E-state index is 0.251. The molecule has 0 atom stereocenters. The summed E-state index contributed by atoms with van der Waals surface area (Å²) in [6.07, 6.45) is 1.78. The molecule has 1 aromatic heterocycles. The van der Waals surface area contributed by atoms with E-state index >= 15 is 0 Å². The smallest absolute Gasteiger partial charge is 0.123 e. The molecular weight excluding hydrogens is 229 g/mol. The number of nitrogens with two attached hydrogens (primary N) is 1. The van der Waals surface area contributed by atoms with Crippen molar-refractivity contribution in [3.63, 3.8) is 0 Å². The maximum absolute atomic E-state index is 12.9. The average Bonchev–Trinajstić information content (AvgIpc) is 2.71. The molecule has 18 heavy (non-hydrogen) atoms. The van der Waals surface area contributed by atoms with Gasteiger partial charge in [0.2, 0.25) is 0 Å². The van der Waals surface area contributed by atoms with Crippen molar-refractivity contribution in [3.8, 4) is 11.1 Å². The van der Waals surface area contributed by atoms with Crippen molar-refractivity contribution in [2.75, 3.05) is 5.73 Å². The molecule has 3 rings (SSSR count). The van der Waals surface area contributed by atoms with E-state index in [2.05, 4.69) is 5.10 Å². The first-order chi connectivity index (χ1) is 8.65. The Hall–Kier alpha value is -2.36. The van der Waals surface area contributed by atoms with Crippen LogP contribution in [0.4, 0.5) is 10.1 Å². The molecule has 3 nitrogen and oxygen atoms in total. The molecule has 0 aliphatic heterocycles. The van der Waals surface area contributed by atoms with Gasteiger partial charge in [0, 0.05) is 23.7 Å². The van der Waals surface area contributed by atoms with Crippen LogP contribution in [0, 0.1) is 5.82 Å². The van der Waals surface area contributed by atoms with Crippen LogP contribution in [0.15, 0.2) is 42.6 Å². The summed E-state index contributed by atoms with van der Waals surface area (Å²) in [4.78, 5) is 0. The summed E-state index contributed by atoms with van der Waals surface area (Å²) >= 11 is 0. The molecule has 0 unspecified atom stereocenters. The quantitative estimate of drug-likeness (QED) is 0.666. The van der Waals surface area contributed by atoms with Crippen LogP contribution in [0.3, 0.4) is 0 Å². The van der Waals surface area contributed by atoms with E-state index in [0.29, 0.717) is 5.69 Å². The van der Waals surface area contributed by atoms with Crippen molar-refractivity contribution >= 4 is 16.6 Å². The van der Waals surface area contributed by atoms with Crippen molar-refractivity contribution in [1.29, 1.82) is 0 Å². The van der Waals surface area contributed by atoms with Crippen LogP contribution in [0.2, 0.25) is 0 Å². The number of halogens is 1. The molecule has 0 aliphatic carbocycles. The van der Waals surface area contributed by atoms with Gasteiger partial charge in [0.1, 0.15) is 5.82 Å². The topological polar surface area (TPSA) is 43.8 Å². The number of hydrogen-bond donors (Lipinski definition) is 1. The first kappa shape index (κ1) is 10.8. The molecule has 90 valence electrons. The second-order valence-electron chi connectivity index (χ2n) is 4.27. The van der Waals surface area contributed by atoms with Gasteiger partial charge in [-0.25, -0.2) is 4.39 Å². The van der Waals surface area contributed by atoms with E-state index in [4.69, 9.17) is 5.73 Å². The fraction of sp³-hybridized carbons (Fsp3) is 0.0714. The Labute approximate surface area is 104 Å². The first-order valence-electron chi connectivity index (χ1n) is 5.62. The number of aryl methyl sites for hydroxylation is 1. The Balaban J connectivity index is 2.24. The largest absolute Gasteiger partial charge is 0.398 e. The average molecular weight is 241 g/mol. The number of rotatable bonds is 1. The summed E-state index contributed by atoms with van der Waals surface area (Å²) in [5.74, 6) is -0.251. The molecule has 2 aromatic carbocycles. The minimum Gasteiger partial charge on any atom is -0.398 e. The summed E-state index contributed by atoms with van der Waals surface area (Å²) in [5.41, 5.74) is 9.50. The van der Waals surface area contributed by atoms with E-state index in [-0.39, 0.29) is 5.82 Å². The van der Waals surface area contributed by atoms with Crippen LogP contribution in [0.1, 0.15) is 0 Å². The standard InChI is InChI=1S/C14H12FN3/c1-18-14-7-12(9-2-4-11(15)5-3-9)13(16)6-10(14)8-17-18/h2-8H,16H2,1H3. The lowest BCUT2D eigenvalue weighted by Gasteiger charge is -2.07. The summed E-state index contributed by atoms with van der Waals surface area (Å²) < 4.78 is 14.7. The Kier molecular flexibility index (Phi) is 2.30. The van der Waals surface area contributed by atoms with Gasteiger partial charge in [-0.1, -0.05) is 12.1 Å². The Morgan fingerprint density at radius 1 is 1.17 bits per heavy atom. The normalized spacial score (nSPS) is 11.0.